The van der Waals surface area contributed by atoms with E-state index in [9.17, 15) is 4.79 Å². The molecule has 0 aliphatic carbocycles. The molecule has 0 radical (unpaired) electrons. The summed E-state index contributed by atoms with van der Waals surface area (Å²) in [6.45, 7) is 2.77. The summed E-state index contributed by atoms with van der Waals surface area (Å²) in [5.74, 6) is 0.144. The van der Waals surface area contributed by atoms with Crippen LogP contribution >= 0.6 is 11.3 Å². The van der Waals surface area contributed by atoms with Gasteiger partial charge in [-0.05, 0) is 29.7 Å². The van der Waals surface area contributed by atoms with Crippen LogP contribution in [0.2, 0.25) is 0 Å². The van der Waals surface area contributed by atoms with E-state index in [-0.39, 0.29) is 5.91 Å². The van der Waals surface area contributed by atoms with E-state index in [1.54, 1.807) is 16.2 Å². The molecule has 0 atom stereocenters. The van der Waals surface area contributed by atoms with Gasteiger partial charge < -0.3 is 4.90 Å². The Morgan fingerprint density at radius 2 is 1.93 bits per heavy atom. The topological polar surface area (TPSA) is 36.4 Å². The molecule has 27 heavy (non-hydrogen) atoms. The number of nitrogens with zero attached hydrogens (tertiary/aromatic N) is 3. The Labute approximate surface area is 163 Å². The van der Waals surface area contributed by atoms with Crippen LogP contribution in [0.15, 0.2) is 60.7 Å². The number of fused-ring (bicyclic) bond motifs is 1. The number of carbonyl (C=O) groups is 1. The van der Waals surface area contributed by atoms with Gasteiger partial charge in [0.05, 0.1) is 23.3 Å². The van der Waals surface area contributed by atoms with Crippen LogP contribution in [0, 0.1) is 0 Å². The molecular formula is C22H23N3OS. The van der Waals surface area contributed by atoms with E-state index in [2.05, 4.69) is 46.3 Å². The zero-order chi connectivity index (χ0) is 18.6. The molecule has 0 N–H and O–H groups in total. The molecule has 0 saturated heterocycles. The summed E-state index contributed by atoms with van der Waals surface area (Å²) in [7, 11) is 1.86. The maximum absolute atomic E-state index is 12.6. The average molecular weight is 378 g/mol. The lowest BCUT2D eigenvalue weighted by atomic mass is 10.00. The third-order valence-electron chi connectivity index (χ3n) is 4.93. The largest absolute Gasteiger partial charge is 0.338 e. The number of benzene rings is 2. The van der Waals surface area contributed by atoms with Gasteiger partial charge in [-0.2, -0.15) is 0 Å². The second kappa shape index (κ2) is 8.03. The first-order valence-electron chi connectivity index (χ1n) is 9.24. The van der Waals surface area contributed by atoms with E-state index < -0.39 is 0 Å². The smallest absolute Gasteiger partial charge is 0.236 e. The van der Waals surface area contributed by atoms with E-state index in [1.807, 2.05) is 31.3 Å². The van der Waals surface area contributed by atoms with Crippen LogP contribution in [0.4, 0.5) is 0 Å². The van der Waals surface area contributed by atoms with Crippen LogP contribution in [0.25, 0.3) is 15.8 Å². The molecule has 0 unspecified atom stereocenters. The van der Waals surface area contributed by atoms with E-state index in [0.29, 0.717) is 13.1 Å². The van der Waals surface area contributed by atoms with Gasteiger partial charge in [-0.1, -0.05) is 48.5 Å². The lowest BCUT2D eigenvalue weighted by Crippen LogP contribution is -2.39. The summed E-state index contributed by atoms with van der Waals surface area (Å²) in [4.78, 5) is 21.2. The Morgan fingerprint density at radius 3 is 2.67 bits per heavy atom. The molecular weight excluding hydrogens is 354 g/mol. The van der Waals surface area contributed by atoms with Crippen molar-refractivity contribution in [1.29, 1.82) is 0 Å². The third kappa shape index (κ3) is 4.26. The summed E-state index contributed by atoms with van der Waals surface area (Å²) in [6.07, 6.45) is 3.23. The van der Waals surface area contributed by atoms with Gasteiger partial charge in [0, 0.05) is 20.1 Å². The lowest BCUT2D eigenvalue weighted by Gasteiger charge is -2.27. The molecule has 2 heterocycles. The average Bonchev–Trinajstić information content (AvgIpc) is 3.11. The van der Waals surface area contributed by atoms with Crippen LogP contribution in [0.3, 0.4) is 0 Å². The van der Waals surface area contributed by atoms with Crippen molar-refractivity contribution in [3.05, 3.63) is 71.2 Å². The van der Waals surface area contributed by atoms with Gasteiger partial charge in [-0.3, -0.25) is 9.69 Å². The maximum atomic E-state index is 12.6. The van der Waals surface area contributed by atoms with Gasteiger partial charge in [-0.15, -0.1) is 11.3 Å². The first-order chi connectivity index (χ1) is 13.2. The van der Waals surface area contributed by atoms with E-state index >= 15 is 0 Å². The highest BCUT2D eigenvalue weighted by Gasteiger charge is 2.18. The lowest BCUT2D eigenvalue weighted by molar-refractivity contribution is -0.131. The molecule has 4 nitrogen and oxygen atoms in total. The summed E-state index contributed by atoms with van der Waals surface area (Å²) in [5.41, 5.74) is 3.67. The molecule has 3 aromatic rings. The Hall–Kier alpha value is -2.50. The molecule has 2 aromatic carbocycles. The van der Waals surface area contributed by atoms with Crippen molar-refractivity contribution in [2.45, 2.75) is 13.0 Å². The van der Waals surface area contributed by atoms with Crippen LogP contribution in [-0.2, 0) is 11.3 Å². The van der Waals surface area contributed by atoms with E-state index in [1.165, 1.54) is 15.8 Å². The normalized spacial score (nSPS) is 14.9. The number of likely N-dealkylation sites (N-methyl/N-ethyl adjacent to an activating group) is 1. The highest BCUT2D eigenvalue weighted by Crippen LogP contribution is 2.23. The third-order valence-corrected chi connectivity index (χ3v) is 5.95. The molecule has 0 spiro atoms. The first kappa shape index (κ1) is 17.9. The van der Waals surface area contributed by atoms with Crippen LogP contribution < -0.4 is 0 Å². The van der Waals surface area contributed by atoms with Crippen molar-refractivity contribution < 1.29 is 4.79 Å². The van der Waals surface area contributed by atoms with Gasteiger partial charge in [0.25, 0.3) is 0 Å². The fraction of sp³-hybridized carbons (Fsp3) is 0.273. The SMILES string of the molecule is CN(Cc1nc2ccccc2s1)C(=O)CN1CC=C(c2ccccc2)CC1. The number of hydrogen-bond acceptors (Lipinski definition) is 4. The van der Waals surface area contributed by atoms with Crippen LogP contribution in [-0.4, -0.2) is 47.4 Å². The fourth-order valence-corrected chi connectivity index (χ4v) is 4.38. The second-order valence-corrected chi connectivity index (χ2v) is 8.02. The quantitative estimate of drug-likeness (QED) is 0.673. The summed E-state index contributed by atoms with van der Waals surface area (Å²) in [5, 5.41) is 0.983. The van der Waals surface area contributed by atoms with Crippen molar-refractivity contribution in [3.8, 4) is 0 Å². The van der Waals surface area contributed by atoms with Gasteiger partial charge in [0.2, 0.25) is 5.91 Å². The van der Waals surface area contributed by atoms with Crippen molar-refractivity contribution in [2.24, 2.45) is 0 Å². The minimum absolute atomic E-state index is 0.144. The molecule has 0 fully saturated rings. The van der Waals surface area contributed by atoms with Gasteiger partial charge in [0.15, 0.2) is 0 Å². The summed E-state index contributed by atoms with van der Waals surface area (Å²) < 4.78 is 1.17. The van der Waals surface area contributed by atoms with E-state index in [0.717, 1.165) is 30.0 Å². The highest BCUT2D eigenvalue weighted by atomic mass is 32.1. The first-order valence-corrected chi connectivity index (χ1v) is 10.1. The molecule has 1 aliphatic heterocycles. The zero-order valence-corrected chi connectivity index (χ0v) is 16.3. The van der Waals surface area contributed by atoms with E-state index in [4.69, 9.17) is 0 Å². The van der Waals surface area contributed by atoms with Gasteiger partial charge in [0.1, 0.15) is 5.01 Å². The minimum atomic E-state index is 0.144. The summed E-state index contributed by atoms with van der Waals surface area (Å²) >= 11 is 1.66. The number of amides is 1. The molecule has 138 valence electrons. The number of aromatic nitrogens is 1. The monoisotopic (exact) mass is 377 g/mol. The molecule has 5 heteroatoms. The predicted molar refractivity (Wildman–Crippen MR) is 112 cm³/mol. The minimum Gasteiger partial charge on any atom is -0.338 e. The molecule has 0 saturated carbocycles. The Morgan fingerprint density at radius 1 is 1.15 bits per heavy atom. The Balaban J connectivity index is 1.33. The predicted octanol–water partition coefficient (Wildman–Crippen LogP) is 4.04. The van der Waals surface area contributed by atoms with Gasteiger partial charge >= 0.3 is 0 Å². The van der Waals surface area contributed by atoms with Gasteiger partial charge in [-0.25, -0.2) is 4.98 Å². The number of carbonyl (C=O) groups excluding carboxylic acids is 1. The number of rotatable bonds is 5. The Kier molecular flexibility index (Phi) is 5.32. The highest BCUT2D eigenvalue weighted by molar-refractivity contribution is 7.18. The fourth-order valence-electron chi connectivity index (χ4n) is 3.36. The molecule has 0 bridgehead atoms. The molecule has 1 aromatic heterocycles. The standard InChI is InChI=1S/C22H23N3OS/c1-24(15-21-23-19-9-5-6-10-20(19)27-21)22(26)16-25-13-11-18(12-14-25)17-7-3-2-4-8-17/h2-11H,12-16H2,1H3. The van der Waals surface area contributed by atoms with Crippen molar-refractivity contribution >= 4 is 33.0 Å². The maximum Gasteiger partial charge on any atom is 0.236 e. The molecule has 1 aliphatic rings. The van der Waals surface area contributed by atoms with Crippen LogP contribution in [0.5, 0.6) is 0 Å². The number of thiazole rings is 1. The molecule has 1 amide bonds. The number of para-hydroxylation sites is 1. The van der Waals surface area contributed by atoms with Crippen molar-refractivity contribution in [1.82, 2.24) is 14.8 Å². The van der Waals surface area contributed by atoms with Crippen molar-refractivity contribution in [2.75, 3.05) is 26.7 Å². The molecule has 4 rings (SSSR count). The number of hydrogen-bond donors (Lipinski definition) is 0. The Bertz CT molecular complexity index is 931. The summed E-state index contributed by atoms with van der Waals surface area (Å²) in [6, 6.07) is 18.6. The van der Waals surface area contributed by atoms with Crippen molar-refractivity contribution in [3.63, 3.8) is 0 Å². The van der Waals surface area contributed by atoms with Crippen LogP contribution in [0.1, 0.15) is 17.0 Å². The zero-order valence-electron chi connectivity index (χ0n) is 15.5. The second-order valence-electron chi connectivity index (χ2n) is 6.91.